The fraction of sp³-hybridized carbons (Fsp3) is 0. The van der Waals surface area contributed by atoms with E-state index in [9.17, 15) is 4.79 Å². The summed E-state index contributed by atoms with van der Waals surface area (Å²) in [6.07, 6.45) is 0. The van der Waals surface area contributed by atoms with E-state index in [2.05, 4.69) is 4.99 Å². The van der Waals surface area contributed by atoms with Crippen LogP contribution in [0.4, 0.5) is 5.69 Å². The zero-order valence-electron chi connectivity index (χ0n) is 12.4. The Morgan fingerprint density at radius 3 is 2.54 bits per heavy atom. The molecule has 2 heterocycles. The topological polar surface area (TPSA) is 84.1 Å². The molecule has 0 saturated heterocycles. The summed E-state index contributed by atoms with van der Waals surface area (Å²) in [6.45, 7) is 0. The number of nitrogens with zero attached hydrogens (tertiary/aromatic N) is 1. The van der Waals surface area contributed by atoms with Crippen LogP contribution in [0.2, 0.25) is 0 Å². The van der Waals surface area contributed by atoms with Crippen LogP contribution in [0.1, 0.15) is 21.9 Å². The van der Waals surface area contributed by atoms with Gasteiger partial charge in [-0.05, 0) is 36.4 Å². The Balaban J connectivity index is 1.90. The largest absolute Gasteiger partial charge is 0.454 e. The van der Waals surface area contributed by atoms with E-state index in [0.717, 1.165) is 5.56 Å². The minimum Gasteiger partial charge on any atom is -0.454 e. The van der Waals surface area contributed by atoms with Crippen molar-refractivity contribution in [2.45, 2.75) is 0 Å². The minimum atomic E-state index is -0.722. The molecule has 6 nitrogen and oxygen atoms in total. The van der Waals surface area contributed by atoms with Crippen LogP contribution in [0.15, 0.2) is 70.1 Å². The molecule has 1 aliphatic heterocycles. The Morgan fingerprint density at radius 1 is 0.958 bits per heavy atom. The molecule has 4 rings (SSSR count). The van der Waals surface area contributed by atoms with Gasteiger partial charge in [0.15, 0.2) is 17.3 Å². The molecule has 118 valence electrons. The van der Waals surface area contributed by atoms with Crippen molar-refractivity contribution in [1.82, 2.24) is 5.48 Å². The number of amides is 1. The van der Waals surface area contributed by atoms with Crippen LogP contribution in [0, 0.1) is 0 Å². The molecule has 0 radical (unpaired) electrons. The number of rotatable bonds is 2. The number of nitrogens with one attached hydrogen (secondary N) is 1. The van der Waals surface area contributed by atoms with E-state index in [1.807, 2.05) is 48.5 Å². The number of hydroxylamine groups is 1. The molecule has 0 aliphatic carbocycles. The average molecular weight is 320 g/mol. The Hall–Kier alpha value is -3.38. The third-order valence-electron chi connectivity index (χ3n) is 3.62. The van der Waals surface area contributed by atoms with Crippen molar-refractivity contribution < 1.29 is 19.2 Å². The van der Waals surface area contributed by atoms with Gasteiger partial charge in [-0.1, -0.05) is 24.3 Å². The van der Waals surface area contributed by atoms with E-state index in [4.69, 9.17) is 14.4 Å². The van der Waals surface area contributed by atoms with Gasteiger partial charge in [0, 0.05) is 5.56 Å². The first kappa shape index (κ1) is 14.2. The highest BCUT2D eigenvalue weighted by molar-refractivity contribution is 6.15. The van der Waals surface area contributed by atoms with Gasteiger partial charge >= 0.3 is 5.91 Å². The van der Waals surface area contributed by atoms with Gasteiger partial charge in [-0.2, -0.15) is 0 Å². The lowest BCUT2D eigenvalue weighted by atomic mass is 10.1. The molecule has 2 aromatic carbocycles. The third-order valence-corrected chi connectivity index (χ3v) is 3.62. The van der Waals surface area contributed by atoms with E-state index >= 15 is 0 Å². The summed E-state index contributed by atoms with van der Waals surface area (Å²) < 4.78 is 11.5. The summed E-state index contributed by atoms with van der Waals surface area (Å²) in [7, 11) is 0. The molecule has 2 N–H and O–H groups in total. The second-order valence-corrected chi connectivity index (χ2v) is 5.13. The quantitative estimate of drug-likeness (QED) is 0.436. The molecule has 0 spiro atoms. The molecule has 1 aliphatic rings. The molecule has 24 heavy (non-hydrogen) atoms. The van der Waals surface area contributed by atoms with Gasteiger partial charge < -0.3 is 9.15 Å². The highest BCUT2D eigenvalue weighted by atomic mass is 16.5. The second kappa shape index (κ2) is 5.68. The predicted molar refractivity (Wildman–Crippen MR) is 86.2 cm³/mol. The van der Waals surface area contributed by atoms with Crippen LogP contribution in [-0.2, 0) is 0 Å². The number of hydrogen-bond acceptors (Lipinski definition) is 5. The smallest absolute Gasteiger partial charge is 0.310 e. The maximum Gasteiger partial charge on any atom is 0.310 e. The number of para-hydroxylation sites is 3. The minimum absolute atomic E-state index is 0.00821. The maximum atomic E-state index is 11.5. The van der Waals surface area contributed by atoms with E-state index in [1.54, 1.807) is 11.5 Å². The second-order valence-electron chi connectivity index (χ2n) is 5.13. The molecule has 3 aromatic rings. The van der Waals surface area contributed by atoms with Gasteiger partial charge in [0.05, 0.1) is 0 Å². The Labute approximate surface area is 137 Å². The summed E-state index contributed by atoms with van der Waals surface area (Å²) >= 11 is 0. The number of furan rings is 1. The molecular weight excluding hydrogens is 308 g/mol. The van der Waals surface area contributed by atoms with Crippen LogP contribution < -0.4 is 10.2 Å². The first-order valence-corrected chi connectivity index (χ1v) is 7.26. The number of benzene rings is 2. The monoisotopic (exact) mass is 320 g/mol. The van der Waals surface area contributed by atoms with E-state index in [1.165, 1.54) is 6.07 Å². The van der Waals surface area contributed by atoms with Crippen LogP contribution in [0.25, 0.3) is 0 Å². The SMILES string of the molecule is O=C(NO)c1ccc(C2=Nc3ccccc3Oc3ccccc32)o1. The number of aliphatic imine (C=N–C) groups is 1. The van der Waals surface area contributed by atoms with Crippen LogP contribution in [0.5, 0.6) is 11.5 Å². The van der Waals surface area contributed by atoms with Crippen molar-refractivity contribution in [2.75, 3.05) is 0 Å². The lowest BCUT2D eigenvalue weighted by Gasteiger charge is -2.08. The summed E-state index contributed by atoms with van der Waals surface area (Å²) in [5.41, 5.74) is 3.51. The zero-order valence-corrected chi connectivity index (χ0v) is 12.4. The fourth-order valence-electron chi connectivity index (χ4n) is 2.52. The molecule has 0 atom stereocenters. The molecule has 0 fully saturated rings. The van der Waals surface area contributed by atoms with Gasteiger partial charge in [0.1, 0.15) is 17.1 Å². The molecular formula is C18H12N2O4. The van der Waals surface area contributed by atoms with E-state index in [-0.39, 0.29) is 5.76 Å². The molecule has 0 bridgehead atoms. The Bertz CT molecular complexity index is 959. The van der Waals surface area contributed by atoms with Crippen molar-refractivity contribution in [3.8, 4) is 11.5 Å². The van der Waals surface area contributed by atoms with Gasteiger partial charge in [-0.3, -0.25) is 10.0 Å². The standard InChI is InChI=1S/C18H12N2O4/c21-18(20-22)16-10-9-15(24-16)17-11-5-1-3-7-13(11)23-14-8-4-2-6-12(14)19-17/h1-10,22H,(H,20,21). The fourth-order valence-corrected chi connectivity index (χ4v) is 2.52. The number of fused-ring (bicyclic) bond motifs is 2. The normalized spacial score (nSPS) is 12.3. The molecule has 0 saturated carbocycles. The van der Waals surface area contributed by atoms with Crippen molar-refractivity contribution in [3.63, 3.8) is 0 Å². The van der Waals surface area contributed by atoms with Gasteiger partial charge in [0.25, 0.3) is 0 Å². The van der Waals surface area contributed by atoms with Gasteiger partial charge in [0.2, 0.25) is 0 Å². The summed E-state index contributed by atoms with van der Waals surface area (Å²) in [5, 5.41) is 8.73. The highest BCUT2D eigenvalue weighted by Crippen LogP contribution is 2.38. The summed E-state index contributed by atoms with van der Waals surface area (Å²) in [4.78, 5) is 16.2. The summed E-state index contributed by atoms with van der Waals surface area (Å²) in [6, 6.07) is 18.0. The first-order chi connectivity index (χ1) is 11.8. The Kier molecular flexibility index (Phi) is 3.36. The molecule has 1 aromatic heterocycles. The lowest BCUT2D eigenvalue weighted by Crippen LogP contribution is -2.17. The average Bonchev–Trinajstić information content (AvgIpc) is 3.04. The van der Waals surface area contributed by atoms with Crippen molar-refractivity contribution in [1.29, 1.82) is 0 Å². The van der Waals surface area contributed by atoms with Crippen molar-refractivity contribution >= 4 is 17.3 Å². The van der Waals surface area contributed by atoms with Crippen molar-refractivity contribution in [2.24, 2.45) is 4.99 Å². The summed E-state index contributed by atoms with van der Waals surface area (Å²) in [5.74, 6) is 0.957. The predicted octanol–water partition coefficient (Wildman–Crippen LogP) is 3.67. The van der Waals surface area contributed by atoms with E-state index in [0.29, 0.717) is 28.7 Å². The molecule has 6 heteroatoms. The van der Waals surface area contributed by atoms with Crippen molar-refractivity contribution in [3.05, 3.63) is 77.7 Å². The number of ether oxygens (including phenoxy) is 1. The van der Waals surface area contributed by atoms with Crippen LogP contribution in [-0.4, -0.2) is 16.8 Å². The zero-order chi connectivity index (χ0) is 16.5. The van der Waals surface area contributed by atoms with Crippen LogP contribution >= 0.6 is 0 Å². The molecule has 0 unspecified atom stereocenters. The maximum absolute atomic E-state index is 11.5. The third kappa shape index (κ3) is 2.35. The van der Waals surface area contributed by atoms with Gasteiger partial charge in [-0.25, -0.2) is 10.5 Å². The molecule has 1 amide bonds. The number of carbonyl (C=O) groups is 1. The highest BCUT2D eigenvalue weighted by Gasteiger charge is 2.22. The van der Waals surface area contributed by atoms with Crippen LogP contribution in [0.3, 0.4) is 0 Å². The number of carbonyl (C=O) groups excluding carboxylic acids is 1. The van der Waals surface area contributed by atoms with Gasteiger partial charge in [-0.15, -0.1) is 0 Å². The van der Waals surface area contributed by atoms with E-state index < -0.39 is 5.91 Å². The number of hydrogen-bond donors (Lipinski definition) is 2. The Morgan fingerprint density at radius 2 is 1.71 bits per heavy atom. The lowest BCUT2D eigenvalue weighted by molar-refractivity contribution is 0.0676. The first-order valence-electron chi connectivity index (χ1n) is 7.26.